The number of hydrogen-bond donors (Lipinski definition) is 1. The number of rotatable bonds is 4. The first-order chi connectivity index (χ1) is 15.6. The van der Waals surface area contributed by atoms with Crippen LogP contribution in [0.25, 0.3) is 10.9 Å². The van der Waals surface area contributed by atoms with Crippen molar-refractivity contribution in [2.45, 2.75) is 75.5 Å². The van der Waals surface area contributed by atoms with Gasteiger partial charge in [0.1, 0.15) is 0 Å². The van der Waals surface area contributed by atoms with Gasteiger partial charge in [-0.15, -0.1) is 0 Å². The Labute approximate surface area is 188 Å². The van der Waals surface area contributed by atoms with Crippen LogP contribution in [0.4, 0.5) is 0 Å². The van der Waals surface area contributed by atoms with Gasteiger partial charge in [-0.25, -0.2) is 4.79 Å². The van der Waals surface area contributed by atoms with Crippen LogP contribution in [0.5, 0.6) is 0 Å². The molecule has 2 aliphatic carbocycles. The molecule has 170 valence electrons. The van der Waals surface area contributed by atoms with Crippen molar-refractivity contribution >= 4 is 22.7 Å². The van der Waals surface area contributed by atoms with Gasteiger partial charge in [-0.1, -0.05) is 37.5 Å². The Morgan fingerprint density at radius 2 is 1.56 bits per heavy atom. The summed E-state index contributed by atoms with van der Waals surface area (Å²) in [5, 5.41) is 10.1. The van der Waals surface area contributed by atoms with Crippen molar-refractivity contribution < 1.29 is 19.4 Å². The highest BCUT2D eigenvalue weighted by molar-refractivity contribution is 6.42. The van der Waals surface area contributed by atoms with Gasteiger partial charge >= 0.3 is 5.97 Å². The first-order valence-electron chi connectivity index (χ1n) is 12.3. The number of piperidine rings is 1. The molecule has 6 rings (SSSR count). The molecule has 1 aromatic carbocycles. The molecule has 2 saturated carbocycles. The lowest BCUT2D eigenvalue weighted by atomic mass is 9.69. The SMILES string of the molecule is O=C(O)C(=O)c1cn([C@H]2C[C@H]3COC[C@@H](C2)N3[C@H]2C[C@@H]3CCC[C@@H](C3)C2)c2ccccc12. The first-order valence-corrected chi connectivity index (χ1v) is 12.3. The molecule has 2 aromatic rings. The zero-order valence-electron chi connectivity index (χ0n) is 18.5. The lowest BCUT2D eigenvalue weighted by molar-refractivity contribution is -0.131. The van der Waals surface area contributed by atoms with Crippen molar-refractivity contribution in [3.05, 3.63) is 36.0 Å². The molecule has 0 unspecified atom stereocenters. The van der Waals surface area contributed by atoms with Crippen molar-refractivity contribution in [1.82, 2.24) is 9.47 Å². The van der Waals surface area contributed by atoms with Crippen molar-refractivity contribution in [3.63, 3.8) is 0 Å². The van der Waals surface area contributed by atoms with Crippen LogP contribution in [0.15, 0.2) is 30.5 Å². The van der Waals surface area contributed by atoms with Crippen LogP contribution in [-0.2, 0) is 9.53 Å². The molecular weight excluding hydrogens is 404 g/mol. The molecule has 0 amide bonds. The smallest absolute Gasteiger partial charge is 0.377 e. The molecule has 2 aliphatic heterocycles. The number of hydrogen-bond acceptors (Lipinski definition) is 4. The van der Waals surface area contributed by atoms with Crippen molar-refractivity contribution in [2.24, 2.45) is 11.8 Å². The zero-order chi connectivity index (χ0) is 21.8. The number of aliphatic carboxylic acids is 1. The van der Waals surface area contributed by atoms with Crippen molar-refractivity contribution in [1.29, 1.82) is 0 Å². The number of carbonyl (C=O) groups excluding carboxylic acids is 1. The minimum Gasteiger partial charge on any atom is -0.475 e. The standard InChI is InChI=1S/C26H32N2O4/c29-25(26(30)31)23-13-27(24-7-2-1-6-22(23)24)18-11-20-14-32-15-21(12-18)28(20)19-9-16-4-3-5-17(8-16)10-19/h1-2,6-7,13,16-21H,3-5,8-12,14-15H2,(H,30,31)/t16-,17+,18-,19+,20-,21+. The Bertz CT molecular complexity index is 1020. The highest BCUT2D eigenvalue weighted by atomic mass is 16.5. The molecule has 6 nitrogen and oxygen atoms in total. The molecule has 4 aliphatic rings. The highest BCUT2D eigenvalue weighted by Gasteiger charge is 2.45. The van der Waals surface area contributed by atoms with Crippen LogP contribution in [0.2, 0.25) is 0 Å². The summed E-state index contributed by atoms with van der Waals surface area (Å²) < 4.78 is 8.20. The number of carbonyl (C=O) groups is 2. The van der Waals surface area contributed by atoms with Crippen LogP contribution >= 0.6 is 0 Å². The summed E-state index contributed by atoms with van der Waals surface area (Å²) in [7, 11) is 0. The predicted molar refractivity (Wildman–Crippen MR) is 121 cm³/mol. The molecule has 2 saturated heterocycles. The first kappa shape index (κ1) is 20.4. The third kappa shape index (κ3) is 3.39. The number of para-hydroxylation sites is 1. The molecule has 32 heavy (non-hydrogen) atoms. The lowest BCUT2D eigenvalue weighted by Crippen LogP contribution is -2.61. The van der Waals surface area contributed by atoms with E-state index in [1.807, 2.05) is 24.3 Å². The Kier molecular flexibility index (Phi) is 5.10. The fourth-order valence-electron chi connectivity index (χ4n) is 7.48. The Morgan fingerprint density at radius 1 is 0.875 bits per heavy atom. The normalized spacial score (nSPS) is 35.0. The minimum atomic E-state index is -1.39. The summed E-state index contributed by atoms with van der Waals surface area (Å²) in [5.74, 6) is -0.403. The summed E-state index contributed by atoms with van der Waals surface area (Å²) in [6, 6.07) is 9.45. The predicted octanol–water partition coefficient (Wildman–Crippen LogP) is 4.28. The molecule has 4 bridgehead atoms. The second-order valence-electron chi connectivity index (χ2n) is 10.5. The number of nitrogens with zero attached hydrogens (tertiary/aromatic N) is 2. The minimum absolute atomic E-state index is 0.258. The van der Waals surface area contributed by atoms with Gasteiger partial charge in [0.05, 0.1) is 18.8 Å². The van der Waals surface area contributed by atoms with E-state index < -0.39 is 11.8 Å². The molecule has 6 atom stereocenters. The maximum atomic E-state index is 12.4. The van der Waals surface area contributed by atoms with Crippen molar-refractivity contribution in [3.8, 4) is 0 Å². The Balaban J connectivity index is 1.30. The number of aromatic nitrogens is 1. The third-order valence-corrected chi connectivity index (χ3v) is 8.65. The fraction of sp³-hybridized carbons (Fsp3) is 0.615. The van der Waals surface area contributed by atoms with Crippen molar-refractivity contribution in [2.75, 3.05) is 13.2 Å². The van der Waals surface area contributed by atoms with Crippen LogP contribution in [0.1, 0.15) is 67.8 Å². The monoisotopic (exact) mass is 436 g/mol. The van der Waals surface area contributed by atoms with E-state index in [0.717, 1.165) is 48.8 Å². The lowest BCUT2D eigenvalue weighted by Gasteiger charge is -2.55. The Hall–Kier alpha value is -2.18. The summed E-state index contributed by atoms with van der Waals surface area (Å²) in [5.41, 5.74) is 1.26. The van der Waals surface area contributed by atoms with Crippen LogP contribution in [0, 0.1) is 11.8 Å². The zero-order valence-corrected chi connectivity index (χ0v) is 18.5. The number of ketones is 1. The molecule has 6 heteroatoms. The number of carboxylic acids is 1. The van der Waals surface area contributed by atoms with Crippen LogP contribution < -0.4 is 0 Å². The average Bonchev–Trinajstić information content (AvgIpc) is 3.17. The molecule has 0 radical (unpaired) electrons. The van der Waals surface area contributed by atoms with Gasteiger partial charge in [-0.05, 0) is 50.0 Å². The summed E-state index contributed by atoms with van der Waals surface area (Å²) >= 11 is 0. The summed E-state index contributed by atoms with van der Waals surface area (Å²) in [6.45, 7) is 1.55. The van der Waals surface area contributed by atoms with E-state index in [0.29, 0.717) is 23.7 Å². The van der Waals surface area contributed by atoms with E-state index in [2.05, 4.69) is 9.47 Å². The van der Waals surface area contributed by atoms with E-state index in [1.54, 1.807) is 6.20 Å². The van der Waals surface area contributed by atoms with E-state index in [1.165, 1.54) is 38.5 Å². The van der Waals surface area contributed by atoms with E-state index in [-0.39, 0.29) is 6.04 Å². The third-order valence-electron chi connectivity index (χ3n) is 8.65. The van der Waals surface area contributed by atoms with Gasteiger partial charge in [-0.2, -0.15) is 0 Å². The van der Waals surface area contributed by atoms with Gasteiger partial charge < -0.3 is 14.4 Å². The number of benzene rings is 1. The van der Waals surface area contributed by atoms with Gasteiger partial charge in [-0.3, -0.25) is 9.69 Å². The van der Waals surface area contributed by atoms with Gasteiger partial charge in [0.15, 0.2) is 0 Å². The molecule has 3 heterocycles. The number of morpholine rings is 1. The van der Waals surface area contributed by atoms with Crippen LogP contribution in [-0.4, -0.2) is 57.7 Å². The number of carboxylic acid groups (broad SMARTS) is 1. The van der Waals surface area contributed by atoms with Gasteiger partial charge in [0, 0.05) is 41.3 Å². The van der Waals surface area contributed by atoms with Gasteiger partial charge in [0.25, 0.3) is 5.78 Å². The average molecular weight is 437 g/mol. The maximum absolute atomic E-state index is 12.4. The number of ether oxygens (including phenoxy) is 1. The van der Waals surface area contributed by atoms with E-state index >= 15 is 0 Å². The highest BCUT2D eigenvalue weighted by Crippen LogP contribution is 2.46. The second-order valence-corrected chi connectivity index (χ2v) is 10.5. The topological polar surface area (TPSA) is 71.8 Å². The molecule has 4 fully saturated rings. The van der Waals surface area contributed by atoms with Crippen LogP contribution in [0.3, 0.4) is 0 Å². The molecule has 1 aromatic heterocycles. The number of fused-ring (bicyclic) bond motifs is 5. The second kappa shape index (κ2) is 7.99. The largest absolute Gasteiger partial charge is 0.475 e. The van der Waals surface area contributed by atoms with Gasteiger partial charge in [0.2, 0.25) is 0 Å². The van der Waals surface area contributed by atoms with E-state index in [4.69, 9.17) is 4.74 Å². The molecule has 1 N–H and O–H groups in total. The summed E-state index contributed by atoms with van der Waals surface area (Å²) in [6.07, 6.45) is 12.1. The Morgan fingerprint density at radius 3 is 2.25 bits per heavy atom. The number of Topliss-reactive ketones (excluding diaryl/α,β-unsaturated/α-hetero) is 1. The molecular formula is C26H32N2O4. The fourth-order valence-corrected chi connectivity index (χ4v) is 7.48. The van der Waals surface area contributed by atoms with E-state index in [9.17, 15) is 14.7 Å². The molecule has 0 spiro atoms. The summed E-state index contributed by atoms with van der Waals surface area (Å²) in [4.78, 5) is 26.6. The maximum Gasteiger partial charge on any atom is 0.377 e. The quantitative estimate of drug-likeness (QED) is 0.572.